The SMILES string of the molecule is CCCCC(Cc1ccccc1)C(N)(Cc1ccccc1)Cc1ccccc1. The molecule has 2 N–H and O–H groups in total. The molecule has 0 saturated carbocycles. The van der Waals surface area contributed by atoms with Crippen LogP contribution in [0.4, 0.5) is 0 Å². The van der Waals surface area contributed by atoms with Crippen LogP contribution in [0.2, 0.25) is 0 Å². The predicted octanol–water partition coefficient (Wildman–Crippen LogP) is 6.22. The normalized spacial score (nSPS) is 12.6. The third-order valence-corrected chi connectivity index (χ3v) is 5.80. The van der Waals surface area contributed by atoms with Crippen LogP contribution in [0, 0.1) is 5.92 Å². The van der Waals surface area contributed by atoms with E-state index in [9.17, 15) is 0 Å². The minimum atomic E-state index is -0.270. The largest absolute Gasteiger partial charge is 0.324 e. The van der Waals surface area contributed by atoms with Gasteiger partial charge in [-0.2, -0.15) is 0 Å². The fraction of sp³-hybridized carbons (Fsp3) is 0.333. The summed E-state index contributed by atoms with van der Waals surface area (Å²) >= 11 is 0. The monoisotopic (exact) mass is 371 g/mol. The topological polar surface area (TPSA) is 26.0 Å². The molecule has 0 saturated heterocycles. The second-order valence-electron chi connectivity index (χ2n) is 8.09. The van der Waals surface area contributed by atoms with Crippen molar-refractivity contribution in [2.45, 2.75) is 51.0 Å². The van der Waals surface area contributed by atoms with Gasteiger partial charge in [0.25, 0.3) is 0 Å². The molecule has 3 rings (SSSR count). The highest BCUT2D eigenvalue weighted by Gasteiger charge is 2.35. The molecule has 0 aliphatic rings. The van der Waals surface area contributed by atoms with Crippen molar-refractivity contribution in [3.8, 4) is 0 Å². The van der Waals surface area contributed by atoms with Crippen molar-refractivity contribution in [1.82, 2.24) is 0 Å². The number of hydrogen-bond donors (Lipinski definition) is 1. The molecule has 0 fully saturated rings. The minimum absolute atomic E-state index is 0.270. The van der Waals surface area contributed by atoms with Crippen LogP contribution in [0.5, 0.6) is 0 Å². The molecule has 146 valence electrons. The van der Waals surface area contributed by atoms with Crippen molar-refractivity contribution in [1.29, 1.82) is 0 Å². The van der Waals surface area contributed by atoms with Crippen molar-refractivity contribution in [2.75, 3.05) is 0 Å². The molecule has 0 aromatic heterocycles. The van der Waals surface area contributed by atoms with Crippen molar-refractivity contribution in [3.05, 3.63) is 108 Å². The maximum atomic E-state index is 7.29. The number of unbranched alkanes of at least 4 members (excludes halogenated alkanes) is 1. The Bertz CT molecular complexity index is 754. The standard InChI is InChI=1S/C27H33N/c1-2-3-19-26(20-23-13-7-4-8-14-23)27(28,21-24-15-9-5-10-16-24)22-25-17-11-6-12-18-25/h4-18,26H,2-3,19-22,28H2,1H3. The third kappa shape index (κ3) is 5.81. The smallest absolute Gasteiger partial charge is 0.0267 e. The highest BCUT2D eigenvalue weighted by Crippen LogP contribution is 2.31. The number of nitrogens with two attached hydrogens (primary N) is 1. The van der Waals surface area contributed by atoms with Crippen LogP contribution >= 0.6 is 0 Å². The minimum Gasteiger partial charge on any atom is -0.324 e. The number of hydrogen-bond acceptors (Lipinski definition) is 1. The van der Waals surface area contributed by atoms with Gasteiger partial charge in [0.15, 0.2) is 0 Å². The van der Waals surface area contributed by atoms with Gasteiger partial charge in [-0.3, -0.25) is 0 Å². The van der Waals surface area contributed by atoms with Crippen molar-refractivity contribution >= 4 is 0 Å². The first-order chi connectivity index (χ1) is 13.7. The lowest BCUT2D eigenvalue weighted by atomic mass is 9.71. The molecule has 28 heavy (non-hydrogen) atoms. The summed E-state index contributed by atoms with van der Waals surface area (Å²) in [6.45, 7) is 2.27. The molecule has 0 heterocycles. The first kappa shape index (κ1) is 20.4. The van der Waals surface area contributed by atoms with Gasteiger partial charge in [-0.25, -0.2) is 0 Å². The van der Waals surface area contributed by atoms with E-state index in [0.717, 1.165) is 19.3 Å². The van der Waals surface area contributed by atoms with Crippen LogP contribution in [-0.4, -0.2) is 5.54 Å². The molecule has 1 atom stereocenters. The van der Waals surface area contributed by atoms with E-state index in [-0.39, 0.29) is 5.54 Å². The van der Waals surface area contributed by atoms with Gasteiger partial charge in [-0.05, 0) is 48.3 Å². The summed E-state index contributed by atoms with van der Waals surface area (Å²) in [4.78, 5) is 0. The molecule has 0 bridgehead atoms. The molecule has 0 spiro atoms. The summed E-state index contributed by atoms with van der Waals surface area (Å²) < 4.78 is 0. The first-order valence-corrected chi connectivity index (χ1v) is 10.6. The van der Waals surface area contributed by atoms with E-state index in [4.69, 9.17) is 5.73 Å². The fourth-order valence-electron chi connectivity index (χ4n) is 4.24. The Labute approximate surface area is 170 Å². The van der Waals surface area contributed by atoms with Gasteiger partial charge in [-0.15, -0.1) is 0 Å². The molecular weight excluding hydrogens is 338 g/mol. The zero-order valence-corrected chi connectivity index (χ0v) is 17.1. The van der Waals surface area contributed by atoms with Crippen molar-refractivity contribution in [2.24, 2.45) is 11.7 Å². The average molecular weight is 372 g/mol. The Morgan fingerprint density at radius 2 is 1.11 bits per heavy atom. The van der Waals surface area contributed by atoms with E-state index in [1.807, 2.05) is 0 Å². The summed E-state index contributed by atoms with van der Waals surface area (Å²) in [6.07, 6.45) is 6.45. The average Bonchev–Trinajstić information content (AvgIpc) is 2.73. The van der Waals surface area contributed by atoms with E-state index in [1.54, 1.807) is 0 Å². The van der Waals surface area contributed by atoms with E-state index >= 15 is 0 Å². The Balaban J connectivity index is 1.92. The van der Waals surface area contributed by atoms with Crippen molar-refractivity contribution in [3.63, 3.8) is 0 Å². The van der Waals surface area contributed by atoms with E-state index in [2.05, 4.69) is 97.9 Å². The van der Waals surface area contributed by atoms with Gasteiger partial charge in [0, 0.05) is 5.54 Å². The van der Waals surface area contributed by atoms with Gasteiger partial charge in [0.05, 0.1) is 0 Å². The van der Waals surface area contributed by atoms with E-state index in [0.29, 0.717) is 5.92 Å². The maximum absolute atomic E-state index is 7.29. The van der Waals surface area contributed by atoms with Crippen LogP contribution in [0.25, 0.3) is 0 Å². The van der Waals surface area contributed by atoms with E-state index in [1.165, 1.54) is 36.0 Å². The molecule has 0 radical (unpaired) electrons. The van der Waals surface area contributed by atoms with Crippen LogP contribution in [-0.2, 0) is 19.3 Å². The lowest BCUT2D eigenvalue weighted by molar-refractivity contribution is 0.242. The van der Waals surface area contributed by atoms with Crippen molar-refractivity contribution < 1.29 is 0 Å². The van der Waals surface area contributed by atoms with Crippen LogP contribution in [0.3, 0.4) is 0 Å². The highest BCUT2D eigenvalue weighted by molar-refractivity contribution is 5.25. The molecule has 1 heteroatoms. The maximum Gasteiger partial charge on any atom is 0.0267 e. The van der Waals surface area contributed by atoms with Crippen LogP contribution < -0.4 is 5.73 Å². The summed E-state index contributed by atoms with van der Waals surface area (Å²) in [5.41, 5.74) is 11.1. The summed E-state index contributed by atoms with van der Waals surface area (Å²) in [5.74, 6) is 0.440. The summed E-state index contributed by atoms with van der Waals surface area (Å²) in [6, 6.07) is 32.4. The third-order valence-electron chi connectivity index (χ3n) is 5.80. The van der Waals surface area contributed by atoms with Gasteiger partial charge < -0.3 is 5.73 Å². The Hall–Kier alpha value is -2.38. The molecule has 3 aromatic rings. The Kier molecular flexibility index (Phi) is 7.45. The predicted molar refractivity (Wildman–Crippen MR) is 120 cm³/mol. The molecule has 1 unspecified atom stereocenters. The molecule has 1 nitrogen and oxygen atoms in total. The van der Waals surface area contributed by atoms with Gasteiger partial charge >= 0.3 is 0 Å². The summed E-state index contributed by atoms with van der Waals surface area (Å²) in [7, 11) is 0. The Morgan fingerprint density at radius 3 is 1.54 bits per heavy atom. The quantitative estimate of drug-likeness (QED) is 0.450. The second-order valence-corrected chi connectivity index (χ2v) is 8.09. The molecule has 0 amide bonds. The van der Waals surface area contributed by atoms with Crippen LogP contribution in [0.1, 0.15) is 42.9 Å². The van der Waals surface area contributed by atoms with Gasteiger partial charge in [-0.1, -0.05) is 111 Å². The molecule has 0 aliphatic heterocycles. The zero-order valence-electron chi connectivity index (χ0n) is 17.1. The second kappa shape index (κ2) is 10.2. The Morgan fingerprint density at radius 1 is 0.679 bits per heavy atom. The molecule has 3 aromatic carbocycles. The lowest BCUT2D eigenvalue weighted by Crippen LogP contribution is -2.52. The summed E-state index contributed by atoms with van der Waals surface area (Å²) in [5, 5.41) is 0. The first-order valence-electron chi connectivity index (χ1n) is 10.6. The van der Waals surface area contributed by atoms with E-state index < -0.39 is 0 Å². The van der Waals surface area contributed by atoms with Crippen LogP contribution in [0.15, 0.2) is 91.0 Å². The number of benzene rings is 3. The van der Waals surface area contributed by atoms with Gasteiger partial charge in [0.1, 0.15) is 0 Å². The lowest BCUT2D eigenvalue weighted by Gasteiger charge is -2.39. The molecular formula is C27H33N. The number of rotatable bonds is 10. The zero-order chi connectivity index (χ0) is 19.7. The highest BCUT2D eigenvalue weighted by atomic mass is 14.8. The fourth-order valence-corrected chi connectivity index (χ4v) is 4.24. The molecule has 0 aliphatic carbocycles. The van der Waals surface area contributed by atoms with Gasteiger partial charge in [0.2, 0.25) is 0 Å².